The average molecular weight is 428 g/mol. The van der Waals surface area contributed by atoms with E-state index >= 15 is 0 Å². The Bertz CT molecular complexity index is 1070. The van der Waals surface area contributed by atoms with Crippen LogP contribution in [-0.4, -0.2) is 50.1 Å². The fourth-order valence-electron chi connectivity index (χ4n) is 3.92. The maximum absolute atomic E-state index is 13.5. The van der Waals surface area contributed by atoms with E-state index in [0.717, 1.165) is 42.3 Å². The van der Waals surface area contributed by atoms with E-state index in [2.05, 4.69) is 15.0 Å². The summed E-state index contributed by atoms with van der Waals surface area (Å²) in [6.07, 6.45) is 7.06. The Kier molecular flexibility index (Phi) is 7.54. The molecule has 0 spiro atoms. The van der Waals surface area contributed by atoms with Crippen LogP contribution in [0.15, 0.2) is 29.2 Å². The van der Waals surface area contributed by atoms with Gasteiger partial charge in [0.1, 0.15) is 5.65 Å². The minimum atomic E-state index is -0.125. The molecule has 1 aliphatic rings. The van der Waals surface area contributed by atoms with Crippen LogP contribution in [-0.2, 0) is 0 Å². The van der Waals surface area contributed by atoms with Crippen molar-refractivity contribution >= 4 is 17.0 Å². The SMILES string of the molecule is COc1ccc(-c2cc3c(C)nc(N)nc3n(C3CCCCC3)c2=O)cn1.OCCO. The highest BCUT2D eigenvalue weighted by atomic mass is 16.5. The van der Waals surface area contributed by atoms with Gasteiger partial charge >= 0.3 is 0 Å². The molecule has 0 amide bonds. The molecule has 3 aromatic rings. The van der Waals surface area contributed by atoms with Crippen LogP contribution in [0.2, 0.25) is 0 Å². The fourth-order valence-corrected chi connectivity index (χ4v) is 3.92. The van der Waals surface area contributed by atoms with Crippen LogP contribution in [0.4, 0.5) is 5.95 Å². The summed E-state index contributed by atoms with van der Waals surface area (Å²) < 4.78 is 6.96. The highest BCUT2D eigenvalue weighted by Gasteiger charge is 2.23. The van der Waals surface area contributed by atoms with Gasteiger partial charge in [0.15, 0.2) is 0 Å². The van der Waals surface area contributed by atoms with Crippen molar-refractivity contribution in [2.24, 2.45) is 0 Å². The number of fused-ring (bicyclic) bond motifs is 1. The highest BCUT2D eigenvalue weighted by Crippen LogP contribution is 2.31. The van der Waals surface area contributed by atoms with Gasteiger partial charge in [-0.3, -0.25) is 9.36 Å². The molecule has 0 unspecified atom stereocenters. The van der Waals surface area contributed by atoms with Gasteiger partial charge in [0.05, 0.1) is 26.0 Å². The highest BCUT2D eigenvalue weighted by molar-refractivity contribution is 5.84. The number of aliphatic hydroxyl groups is 2. The third-order valence-electron chi connectivity index (χ3n) is 5.40. The average Bonchev–Trinajstić information content (AvgIpc) is 2.79. The molecule has 0 bridgehead atoms. The van der Waals surface area contributed by atoms with Crippen molar-refractivity contribution in [3.63, 3.8) is 0 Å². The van der Waals surface area contributed by atoms with Gasteiger partial charge < -0.3 is 20.7 Å². The Labute approximate surface area is 180 Å². The first-order valence-corrected chi connectivity index (χ1v) is 10.4. The van der Waals surface area contributed by atoms with E-state index in [9.17, 15) is 4.79 Å². The molecule has 1 aliphatic carbocycles. The van der Waals surface area contributed by atoms with Gasteiger partial charge in [-0.05, 0) is 31.9 Å². The number of anilines is 1. The minimum absolute atomic E-state index is 0.0566. The Morgan fingerprint density at radius 2 is 1.87 bits per heavy atom. The van der Waals surface area contributed by atoms with Gasteiger partial charge in [0, 0.05) is 34.8 Å². The summed E-state index contributed by atoms with van der Waals surface area (Å²) in [5, 5.41) is 16.1. The lowest BCUT2D eigenvalue weighted by Gasteiger charge is -2.26. The predicted octanol–water partition coefficient (Wildman–Crippen LogP) is 2.23. The van der Waals surface area contributed by atoms with E-state index in [-0.39, 0.29) is 30.8 Å². The molecule has 0 saturated heterocycles. The van der Waals surface area contributed by atoms with Crippen molar-refractivity contribution in [2.45, 2.75) is 45.1 Å². The van der Waals surface area contributed by atoms with Crippen LogP contribution in [0, 0.1) is 6.92 Å². The molecule has 0 radical (unpaired) electrons. The summed E-state index contributed by atoms with van der Waals surface area (Å²) in [7, 11) is 1.57. The Hall–Kier alpha value is -3.04. The fraction of sp³-hybridized carbons (Fsp3) is 0.455. The third-order valence-corrected chi connectivity index (χ3v) is 5.40. The van der Waals surface area contributed by atoms with E-state index < -0.39 is 0 Å². The first kappa shape index (κ1) is 22.6. The lowest BCUT2D eigenvalue weighted by Crippen LogP contribution is -2.29. The van der Waals surface area contributed by atoms with E-state index in [1.54, 1.807) is 19.4 Å². The number of aromatic nitrogens is 4. The molecule has 3 heterocycles. The third kappa shape index (κ3) is 5.00. The smallest absolute Gasteiger partial charge is 0.260 e. The minimum Gasteiger partial charge on any atom is -0.481 e. The second kappa shape index (κ2) is 10.3. The lowest BCUT2D eigenvalue weighted by molar-refractivity contribution is 0.186. The summed E-state index contributed by atoms with van der Waals surface area (Å²) in [5.74, 6) is 0.710. The zero-order chi connectivity index (χ0) is 22.4. The van der Waals surface area contributed by atoms with Crippen molar-refractivity contribution in [3.8, 4) is 17.0 Å². The molecule has 166 valence electrons. The number of ether oxygens (including phenoxy) is 1. The number of hydrogen-bond acceptors (Lipinski definition) is 8. The number of rotatable bonds is 4. The maximum atomic E-state index is 13.5. The van der Waals surface area contributed by atoms with Crippen molar-refractivity contribution in [1.29, 1.82) is 0 Å². The van der Waals surface area contributed by atoms with Crippen LogP contribution in [0.5, 0.6) is 5.88 Å². The first-order valence-electron chi connectivity index (χ1n) is 10.4. The predicted molar refractivity (Wildman–Crippen MR) is 119 cm³/mol. The summed E-state index contributed by atoms with van der Waals surface area (Å²) in [5.41, 5.74) is 8.58. The standard InChI is InChI=1S/C20H23N5O2.C2H6O2/c1-12-15-10-16(13-8-9-17(27-2)22-11-13)19(26)25(14-6-4-3-5-7-14)18(15)24-20(21)23-12;3-1-2-4/h8-11,14H,3-7H2,1-2H3,(H2,21,23,24);3-4H,1-2H2. The Balaban J connectivity index is 0.000000628. The summed E-state index contributed by atoms with van der Waals surface area (Å²) >= 11 is 0. The molecule has 9 nitrogen and oxygen atoms in total. The van der Waals surface area contributed by atoms with E-state index in [1.807, 2.05) is 23.6 Å². The van der Waals surface area contributed by atoms with E-state index in [0.29, 0.717) is 17.1 Å². The zero-order valence-corrected chi connectivity index (χ0v) is 17.9. The number of nitrogen functional groups attached to an aromatic ring is 1. The van der Waals surface area contributed by atoms with Crippen LogP contribution >= 0.6 is 0 Å². The molecule has 0 atom stereocenters. The molecular weight excluding hydrogens is 398 g/mol. The number of nitrogens with zero attached hydrogens (tertiary/aromatic N) is 4. The number of pyridine rings is 2. The molecule has 3 aromatic heterocycles. The monoisotopic (exact) mass is 427 g/mol. The van der Waals surface area contributed by atoms with Crippen molar-refractivity contribution < 1.29 is 14.9 Å². The van der Waals surface area contributed by atoms with Gasteiger partial charge in [0.25, 0.3) is 5.56 Å². The van der Waals surface area contributed by atoms with Crippen LogP contribution in [0.3, 0.4) is 0 Å². The van der Waals surface area contributed by atoms with E-state index in [1.165, 1.54) is 6.42 Å². The Morgan fingerprint density at radius 3 is 2.45 bits per heavy atom. The number of aliphatic hydroxyl groups excluding tert-OH is 2. The van der Waals surface area contributed by atoms with E-state index in [4.69, 9.17) is 20.7 Å². The summed E-state index contributed by atoms with van der Waals surface area (Å²) in [4.78, 5) is 26.4. The topological polar surface area (TPSA) is 136 Å². The van der Waals surface area contributed by atoms with Gasteiger partial charge in [-0.15, -0.1) is 0 Å². The second-order valence-corrected chi connectivity index (χ2v) is 7.47. The molecule has 1 saturated carbocycles. The molecule has 1 fully saturated rings. The summed E-state index contributed by atoms with van der Waals surface area (Å²) in [6, 6.07) is 5.60. The molecule has 4 rings (SSSR count). The maximum Gasteiger partial charge on any atom is 0.260 e. The van der Waals surface area contributed by atoms with Crippen LogP contribution in [0.25, 0.3) is 22.2 Å². The van der Waals surface area contributed by atoms with Crippen LogP contribution < -0.4 is 16.0 Å². The molecule has 0 aromatic carbocycles. The lowest BCUT2D eigenvalue weighted by atomic mass is 9.94. The van der Waals surface area contributed by atoms with Gasteiger partial charge in [-0.1, -0.05) is 19.3 Å². The Morgan fingerprint density at radius 1 is 1.16 bits per heavy atom. The van der Waals surface area contributed by atoms with Crippen LogP contribution in [0.1, 0.15) is 43.8 Å². The number of methoxy groups -OCH3 is 1. The molecule has 9 heteroatoms. The normalized spacial score (nSPS) is 14.2. The van der Waals surface area contributed by atoms with Crippen molar-refractivity contribution in [2.75, 3.05) is 26.1 Å². The van der Waals surface area contributed by atoms with Gasteiger partial charge in [0.2, 0.25) is 11.8 Å². The molecular formula is C22H29N5O4. The number of nitrogens with two attached hydrogens (primary N) is 1. The van der Waals surface area contributed by atoms with Crippen molar-refractivity contribution in [1.82, 2.24) is 19.5 Å². The summed E-state index contributed by atoms with van der Waals surface area (Å²) in [6.45, 7) is 1.64. The van der Waals surface area contributed by atoms with Crippen molar-refractivity contribution in [3.05, 3.63) is 40.4 Å². The van der Waals surface area contributed by atoms with Gasteiger partial charge in [-0.25, -0.2) is 9.97 Å². The largest absolute Gasteiger partial charge is 0.481 e. The number of hydrogen-bond donors (Lipinski definition) is 3. The number of aryl methyl sites for hydroxylation is 1. The zero-order valence-electron chi connectivity index (χ0n) is 17.9. The molecule has 31 heavy (non-hydrogen) atoms. The first-order chi connectivity index (χ1) is 15.0. The van der Waals surface area contributed by atoms with Gasteiger partial charge in [-0.2, -0.15) is 4.98 Å². The second-order valence-electron chi connectivity index (χ2n) is 7.47. The molecule has 4 N–H and O–H groups in total. The quantitative estimate of drug-likeness (QED) is 0.577. The molecule has 0 aliphatic heterocycles.